The van der Waals surface area contributed by atoms with Gasteiger partial charge in [-0.15, -0.1) is 0 Å². The summed E-state index contributed by atoms with van der Waals surface area (Å²) in [6.07, 6.45) is 1.14. The average Bonchev–Trinajstić information content (AvgIpc) is 2.36. The van der Waals surface area contributed by atoms with Gasteiger partial charge in [-0.05, 0) is 30.5 Å². The number of carbonyl (C=O) groups is 1. The molecule has 3 nitrogen and oxygen atoms in total. The third kappa shape index (κ3) is 3.77. The molecule has 0 amide bonds. The minimum atomic E-state index is -0.295. The van der Waals surface area contributed by atoms with E-state index in [4.69, 9.17) is 4.74 Å². The second-order valence-electron chi connectivity index (χ2n) is 4.42. The van der Waals surface area contributed by atoms with Crippen LogP contribution in [0.4, 0.5) is 5.69 Å². The molecule has 1 aromatic carbocycles. The Kier molecular flexibility index (Phi) is 5.01. The molecule has 0 radical (unpaired) electrons. The minimum absolute atomic E-state index is 0.295. The highest BCUT2D eigenvalue weighted by Gasteiger charge is 2.08. The lowest BCUT2D eigenvalue weighted by molar-refractivity contribution is 0.0601. The molecule has 0 aliphatic heterocycles. The third-order valence-corrected chi connectivity index (χ3v) is 3.00. The molecule has 17 heavy (non-hydrogen) atoms. The molecule has 0 aliphatic carbocycles. The molecule has 0 aromatic heterocycles. The number of anilines is 1. The van der Waals surface area contributed by atoms with E-state index < -0.39 is 0 Å². The topological polar surface area (TPSA) is 38.3 Å². The quantitative estimate of drug-likeness (QED) is 0.796. The Morgan fingerprint density at radius 3 is 2.76 bits per heavy atom. The highest BCUT2D eigenvalue weighted by molar-refractivity contribution is 5.90. The van der Waals surface area contributed by atoms with E-state index in [0.29, 0.717) is 11.5 Å². The van der Waals surface area contributed by atoms with Crippen molar-refractivity contribution in [3.8, 4) is 0 Å². The summed E-state index contributed by atoms with van der Waals surface area (Å²) in [6.45, 7) is 7.32. The van der Waals surface area contributed by atoms with Gasteiger partial charge in [0, 0.05) is 12.2 Å². The third-order valence-electron chi connectivity index (χ3n) is 3.00. The highest BCUT2D eigenvalue weighted by Crippen LogP contribution is 2.18. The maximum Gasteiger partial charge on any atom is 0.337 e. The zero-order valence-electron chi connectivity index (χ0n) is 11.0. The second kappa shape index (κ2) is 6.28. The van der Waals surface area contributed by atoms with E-state index in [0.717, 1.165) is 24.2 Å². The van der Waals surface area contributed by atoms with Crippen LogP contribution in [0, 0.1) is 12.8 Å². The lowest BCUT2D eigenvalue weighted by Crippen LogP contribution is -2.12. The lowest BCUT2D eigenvalue weighted by Gasteiger charge is -2.14. The van der Waals surface area contributed by atoms with Crippen LogP contribution < -0.4 is 5.32 Å². The summed E-state index contributed by atoms with van der Waals surface area (Å²) in [4.78, 5) is 11.4. The summed E-state index contributed by atoms with van der Waals surface area (Å²) in [5, 5.41) is 3.38. The molecule has 1 aromatic rings. The second-order valence-corrected chi connectivity index (χ2v) is 4.42. The van der Waals surface area contributed by atoms with Crippen molar-refractivity contribution in [2.75, 3.05) is 19.0 Å². The summed E-state index contributed by atoms with van der Waals surface area (Å²) in [6, 6.07) is 5.57. The van der Waals surface area contributed by atoms with E-state index in [9.17, 15) is 4.79 Å². The molecule has 0 saturated carbocycles. The summed E-state index contributed by atoms with van der Waals surface area (Å²) in [5.74, 6) is 0.327. The lowest BCUT2D eigenvalue weighted by atomic mass is 10.1. The number of aryl methyl sites for hydroxylation is 1. The fraction of sp³-hybridized carbons (Fsp3) is 0.500. The Labute approximate surface area is 103 Å². The van der Waals surface area contributed by atoms with Gasteiger partial charge in [-0.1, -0.05) is 26.3 Å². The fourth-order valence-electron chi connectivity index (χ4n) is 1.49. The molecule has 94 valence electrons. The first kappa shape index (κ1) is 13.6. The maximum absolute atomic E-state index is 11.4. The molecule has 0 spiro atoms. The molecule has 1 atom stereocenters. The van der Waals surface area contributed by atoms with Crippen molar-refractivity contribution in [3.05, 3.63) is 29.3 Å². The van der Waals surface area contributed by atoms with Gasteiger partial charge in [0.1, 0.15) is 0 Å². The smallest absolute Gasteiger partial charge is 0.337 e. The SMILES string of the molecule is CCC(C)CNc1cc(C(=O)OC)ccc1C. The van der Waals surface area contributed by atoms with Crippen LogP contribution >= 0.6 is 0 Å². The van der Waals surface area contributed by atoms with E-state index >= 15 is 0 Å². The first-order valence-corrected chi connectivity index (χ1v) is 6.01. The van der Waals surface area contributed by atoms with Crippen LogP contribution in [0.2, 0.25) is 0 Å². The van der Waals surface area contributed by atoms with Crippen molar-refractivity contribution in [2.24, 2.45) is 5.92 Å². The van der Waals surface area contributed by atoms with Crippen molar-refractivity contribution in [2.45, 2.75) is 27.2 Å². The van der Waals surface area contributed by atoms with E-state index in [1.807, 2.05) is 19.1 Å². The Morgan fingerprint density at radius 1 is 1.47 bits per heavy atom. The van der Waals surface area contributed by atoms with Crippen molar-refractivity contribution in [1.82, 2.24) is 0 Å². The number of carbonyl (C=O) groups excluding carboxylic acids is 1. The molecule has 1 N–H and O–H groups in total. The van der Waals surface area contributed by atoms with Crippen LogP contribution in [0.25, 0.3) is 0 Å². The van der Waals surface area contributed by atoms with Crippen molar-refractivity contribution >= 4 is 11.7 Å². The van der Waals surface area contributed by atoms with E-state index in [1.165, 1.54) is 7.11 Å². The molecule has 0 saturated heterocycles. The molecule has 0 fully saturated rings. The summed E-state index contributed by atoms with van der Waals surface area (Å²) >= 11 is 0. The molecular formula is C14H21NO2. The van der Waals surface area contributed by atoms with Crippen LogP contribution in [0.1, 0.15) is 36.2 Å². The maximum atomic E-state index is 11.4. The number of hydrogen-bond acceptors (Lipinski definition) is 3. The summed E-state index contributed by atoms with van der Waals surface area (Å²) in [5.41, 5.74) is 2.74. The number of hydrogen-bond donors (Lipinski definition) is 1. The molecule has 0 heterocycles. The number of ether oxygens (including phenoxy) is 1. The van der Waals surface area contributed by atoms with Gasteiger partial charge in [-0.25, -0.2) is 4.79 Å². The van der Waals surface area contributed by atoms with Gasteiger partial charge >= 0.3 is 5.97 Å². The standard InChI is InChI=1S/C14H21NO2/c1-5-10(2)9-15-13-8-12(14(16)17-4)7-6-11(13)3/h6-8,10,15H,5,9H2,1-4H3. The Morgan fingerprint density at radius 2 is 2.18 bits per heavy atom. The molecule has 3 heteroatoms. The molecule has 0 aliphatic rings. The zero-order valence-corrected chi connectivity index (χ0v) is 11.0. The predicted octanol–water partition coefficient (Wildman–Crippen LogP) is 3.24. The fourth-order valence-corrected chi connectivity index (χ4v) is 1.49. The van der Waals surface area contributed by atoms with Gasteiger partial charge in [0.15, 0.2) is 0 Å². The largest absolute Gasteiger partial charge is 0.465 e. The van der Waals surface area contributed by atoms with Crippen molar-refractivity contribution < 1.29 is 9.53 Å². The molecular weight excluding hydrogens is 214 g/mol. The van der Waals surface area contributed by atoms with E-state index in [-0.39, 0.29) is 5.97 Å². The minimum Gasteiger partial charge on any atom is -0.465 e. The van der Waals surface area contributed by atoms with Gasteiger partial charge in [-0.3, -0.25) is 0 Å². The van der Waals surface area contributed by atoms with Gasteiger partial charge in [0.05, 0.1) is 12.7 Å². The first-order valence-electron chi connectivity index (χ1n) is 6.01. The van der Waals surface area contributed by atoms with Crippen LogP contribution in [0.5, 0.6) is 0 Å². The van der Waals surface area contributed by atoms with Gasteiger partial charge in [-0.2, -0.15) is 0 Å². The molecule has 1 unspecified atom stereocenters. The van der Waals surface area contributed by atoms with Crippen molar-refractivity contribution in [1.29, 1.82) is 0 Å². The molecule has 0 bridgehead atoms. The van der Waals surface area contributed by atoms with Crippen LogP contribution in [0.3, 0.4) is 0 Å². The van der Waals surface area contributed by atoms with E-state index in [1.54, 1.807) is 6.07 Å². The van der Waals surface area contributed by atoms with Gasteiger partial charge in [0.2, 0.25) is 0 Å². The molecule has 1 rings (SSSR count). The number of rotatable bonds is 5. The average molecular weight is 235 g/mol. The van der Waals surface area contributed by atoms with Crippen LogP contribution in [0.15, 0.2) is 18.2 Å². The number of methoxy groups -OCH3 is 1. The summed E-state index contributed by atoms with van der Waals surface area (Å²) < 4.78 is 4.71. The van der Waals surface area contributed by atoms with Crippen molar-refractivity contribution in [3.63, 3.8) is 0 Å². The Hall–Kier alpha value is -1.51. The number of benzene rings is 1. The normalized spacial score (nSPS) is 12.0. The predicted molar refractivity (Wildman–Crippen MR) is 70.5 cm³/mol. The monoisotopic (exact) mass is 235 g/mol. The number of esters is 1. The number of nitrogens with one attached hydrogen (secondary N) is 1. The Bertz CT molecular complexity index is 388. The first-order chi connectivity index (χ1) is 8.08. The van der Waals surface area contributed by atoms with Crippen LogP contribution in [-0.4, -0.2) is 19.6 Å². The zero-order chi connectivity index (χ0) is 12.8. The van der Waals surface area contributed by atoms with Crippen LogP contribution in [-0.2, 0) is 4.74 Å². The summed E-state index contributed by atoms with van der Waals surface area (Å²) in [7, 11) is 1.40. The van der Waals surface area contributed by atoms with E-state index in [2.05, 4.69) is 19.2 Å². The highest BCUT2D eigenvalue weighted by atomic mass is 16.5. The van der Waals surface area contributed by atoms with Gasteiger partial charge < -0.3 is 10.1 Å². The Balaban J connectivity index is 2.80. The van der Waals surface area contributed by atoms with Gasteiger partial charge in [0.25, 0.3) is 0 Å².